The summed E-state index contributed by atoms with van der Waals surface area (Å²) in [4.78, 5) is 40.4. The zero-order valence-corrected chi connectivity index (χ0v) is 14.8. The first-order chi connectivity index (χ1) is 11.8. The van der Waals surface area contributed by atoms with Crippen LogP contribution in [-0.2, 0) is 14.1 Å². The van der Waals surface area contributed by atoms with Crippen molar-refractivity contribution in [3.63, 3.8) is 0 Å². The number of nitrogens with zero attached hydrogens (tertiary/aromatic N) is 3. The molecule has 1 N–H and O–H groups in total. The van der Waals surface area contributed by atoms with Gasteiger partial charge < -0.3 is 5.32 Å². The van der Waals surface area contributed by atoms with Gasteiger partial charge >= 0.3 is 5.69 Å². The van der Waals surface area contributed by atoms with Crippen molar-refractivity contribution in [2.75, 3.05) is 5.32 Å². The highest BCUT2D eigenvalue weighted by Gasteiger charge is 2.14. The van der Waals surface area contributed by atoms with E-state index in [1.807, 2.05) is 0 Å². The molecule has 0 atom stereocenters. The Balaban J connectivity index is 2.04. The van der Waals surface area contributed by atoms with Crippen LogP contribution in [0.15, 0.2) is 44.5 Å². The summed E-state index contributed by atoms with van der Waals surface area (Å²) < 4.78 is 16.6. The van der Waals surface area contributed by atoms with Gasteiger partial charge in [-0.3, -0.25) is 18.7 Å². The maximum absolute atomic E-state index is 13.9. The second-order valence-electron chi connectivity index (χ2n) is 5.38. The Morgan fingerprint density at radius 2 is 1.92 bits per heavy atom. The normalized spacial score (nSPS) is 10.9. The van der Waals surface area contributed by atoms with E-state index < -0.39 is 23.0 Å². The molecule has 2 heterocycles. The van der Waals surface area contributed by atoms with Crippen molar-refractivity contribution in [1.29, 1.82) is 0 Å². The van der Waals surface area contributed by atoms with E-state index in [4.69, 9.17) is 0 Å². The average molecular weight is 407 g/mol. The molecule has 0 saturated carbocycles. The van der Waals surface area contributed by atoms with Crippen LogP contribution >= 0.6 is 15.9 Å². The van der Waals surface area contributed by atoms with Crippen LogP contribution in [0.2, 0.25) is 0 Å². The van der Waals surface area contributed by atoms with Gasteiger partial charge in [0, 0.05) is 18.6 Å². The number of anilines is 1. The molecule has 25 heavy (non-hydrogen) atoms. The summed E-state index contributed by atoms with van der Waals surface area (Å²) in [5.74, 6) is -1.35. The molecule has 9 heteroatoms. The number of carbonyl (C=O) groups is 1. The number of hydrogen-bond donors (Lipinski definition) is 1. The zero-order valence-electron chi connectivity index (χ0n) is 13.2. The number of rotatable bonds is 2. The third-order valence-corrected chi connectivity index (χ3v) is 4.22. The monoisotopic (exact) mass is 406 g/mol. The van der Waals surface area contributed by atoms with Gasteiger partial charge in [-0.2, -0.15) is 0 Å². The molecule has 0 bridgehead atoms. The van der Waals surface area contributed by atoms with Crippen molar-refractivity contribution < 1.29 is 9.18 Å². The number of fused-ring (bicyclic) bond motifs is 1. The Morgan fingerprint density at radius 3 is 2.60 bits per heavy atom. The van der Waals surface area contributed by atoms with E-state index in [1.165, 1.54) is 43.1 Å². The molecule has 3 aromatic rings. The summed E-state index contributed by atoms with van der Waals surface area (Å²) in [6, 6.07) is 5.46. The molecule has 0 spiro atoms. The second kappa shape index (κ2) is 6.25. The molecule has 1 amide bonds. The molecule has 128 valence electrons. The van der Waals surface area contributed by atoms with E-state index in [1.54, 1.807) is 6.07 Å². The SMILES string of the molecule is Cn1c(=O)c2cc(NC(=O)c3ccc(Br)cc3F)cnc2n(C)c1=O. The van der Waals surface area contributed by atoms with E-state index >= 15 is 0 Å². The summed E-state index contributed by atoms with van der Waals surface area (Å²) in [6.07, 6.45) is 1.30. The molecule has 7 nitrogen and oxygen atoms in total. The van der Waals surface area contributed by atoms with Gasteiger partial charge in [0.05, 0.1) is 22.8 Å². The lowest BCUT2D eigenvalue weighted by atomic mass is 10.2. The fourth-order valence-corrected chi connectivity index (χ4v) is 2.74. The van der Waals surface area contributed by atoms with Crippen LogP contribution in [0.5, 0.6) is 0 Å². The first-order valence-electron chi connectivity index (χ1n) is 7.12. The lowest BCUT2D eigenvalue weighted by molar-refractivity contribution is 0.102. The number of hydrogen-bond acceptors (Lipinski definition) is 4. The van der Waals surface area contributed by atoms with E-state index in [9.17, 15) is 18.8 Å². The van der Waals surface area contributed by atoms with Crippen molar-refractivity contribution in [2.24, 2.45) is 14.1 Å². The Bertz CT molecular complexity index is 1140. The van der Waals surface area contributed by atoms with Gasteiger partial charge in [0.1, 0.15) is 11.5 Å². The number of benzene rings is 1. The molecule has 0 fully saturated rings. The number of amides is 1. The van der Waals surface area contributed by atoms with Crippen molar-refractivity contribution in [3.05, 3.63) is 67.2 Å². The number of aryl methyl sites for hydroxylation is 1. The van der Waals surface area contributed by atoms with Gasteiger partial charge in [-0.25, -0.2) is 14.2 Å². The quantitative estimate of drug-likeness (QED) is 0.702. The summed E-state index contributed by atoms with van der Waals surface area (Å²) in [6.45, 7) is 0. The van der Waals surface area contributed by atoms with Crippen molar-refractivity contribution in [1.82, 2.24) is 14.1 Å². The van der Waals surface area contributed by atoms with Crippen LogP contribution < -0.4 is 16.6 Å². The summed E-state index contributed by atoms with van der Waals surface area (Å²) >= 11 is 3.12. The van der Waals surface area contributed by atoms with Crippen LogP contribution in [0.1, 0.15) is 10.4 Å². The molecular weight excluding hydrogens is 395 g/mol. The number of carbonyl (C=O) groups excluding carboxylic acids is 1. The molecule has 0 saturated heterocycles. The zero-order chi connectivity index (χ0) is 18.3. The minimum absolute atomic E-state index is 0.142. The maximum atomic E-state index is 13.9. The molecule has 0 aliphatic heterocycles. The highest BCUT2D eigenvalue weighted by atomic mass is 79.9. The number of nitrogens with one attached hydrogen (secondary N) is 1. The van der Waals surface area contributed by atoms with Gasteiger partial charge in [-0.1, -0.05) is 15.9 Å². The summed E-state index contributed by atoms with van der Waals surface area (Å²) in [5.41, 5.74) is -0.761. The van der Waals surface area contributed by atoms with Gasteiger partial charge in [0.15, 0.2) is 0 Å². The molecule has 0 aliphatic carbocycles. The average Bonchev–Trinajstić information content (AvgIpc) is 2.57. The number of halogens is 2. The molecule has 0 unspecified atom stereocenters. The Labute approximate surface area is 148 Å². The van der Waals surface area contributed by atoms with Crippen LogP contribution in [0.4, 0.5) is 10.1 Å². The van der Waals surface area contributed by atoms with Crippen molar-refractivity contribution in [2.45, 2.75) is 0 Å². The maximum Gasteiger partial charge on any atom is 0.332 e. The van der Waals surface area contributed by atoms with Gasteiger partial charge in [-0.05, 0) is 24.3 Å². The second-order valence-corrected chi connectivity index (χ2v) is 6.29. The predicted molar refractivity (Wildman–Crippen MR) is 94.3 cm³/mol. The third-order valence-electron chi connectivity index (χ3n) is 3.73. The van der Waals surface area contributed by atoms with Crippen molar-refractivity contribution in [3.8, 4) is 0 Å². The lowest BCUT2D eigenvalue weighted by Crippen LogP contribution is -2.37. The topological polar surface area (TPSA) is 86.0 Å². The molecule has 1 aromatic carbocycles. The fraction of sp³-hybridized carbons (Fsp3) is 0.125. The van der Waals surface area contributed by atoms with E-state index in [0.29, 0.717) is 4.47 Å². The summed E-state index contributed by atoms with van der Waals surface area (Å²) in [5, 5.41) is 2.66. The van der Waals surface area contributed by atoms with Gasteiger partial charge in [0.25, 0.3) is 11.5 Å². The summed E-state index contributed by atoms with van der Waals surface area (Å²) in [7, 11) is 2.85. The van der Waals surface area contributed by atoms with Crippen molar-refractivity contribution >= 4 is 38.6 Å². The Kier molecular flexibility index (Phi) is 4.25. The smallest absolute Gasteiger partial charge is 0.320 e. The van der Waals surface area contributed by atoms with E-state index in [0.717, 1.165) is 4.57 Å². The van der Waals surface area contributed by atoms with Crippen LogP contribution in [0.25, 0.3) is 11.0 Å². The lowest BCUT2D eigenvalue weighted by Gasteiger charge is -2.09. The third kappa shape index (κ3) is 2.98. The van der Waals surface area contributed by atoms with E-state index in [2.05, 4.69) is 26.2 Å². The molecule has 3 rings (SSSR count). The standard InChI is InChI=1S/C16H12BrFN4O3/c1-21-13-11(15(24)22(2)16(21)25)6-9(7-19-13)20-14(23)10-4-3-8(17)5-12(10)18/h3-7H,1-2H3,(H,20,23). The predicted octanol–water partition coefficient (Wildman–Crippen LogP) is 1.79. The molecule has 0 radical (unpaired) electrons. The first kappa shape index (κ1) is 17.0. The Hall–Kier alpha value is -2.81. The van der Waals surface area contributed by atoms with Gasteiger partial charge in [0.2, 0.25) is 0 Å². The highest BCUT2D eigenvalue weighted by molar-refractivity contribution is 9.10. The Morgan fingerprint density at radius 1 is 1.20 bits per heavy atom. The number of aromatic nitrogens is 3. The van der Waals surface area contributed by atoms with E-state index in [-0.39, 0.29) is 22.3 Å². The highest BCUT2D eigenvalue weighted by Crippen LogP contribution is 2.18. The molecular formula is C16H12BrFN4O3. The van der Waals surface area contributed by atoms with Gasteiger partial charge in [-0.15, -0.1) is 0 Å². The number of pyridine rings is 1. The van der Waals surface area contributed by atoms with Crippen LogP contribution in [-0.4, -0.2) is 20.0 Å². The minimum atomic E-state index is -0.682. The minimum Gasteiger partial charge on any atom is -0.320 e. The van der Waals surface area contributed by atoms with Crippen LogP contribution in [0.3, 0.4) is 0 Å². The van der Waals surface area contributed by atoms with Crippen LogP contribution in [0, 0.1) is 5.82 Å². The largest absolute Gasteiger partial charge is 0.332 e. The molecule has 2 aromatic heterocycles. The first-order valence-corrected chi connectivity index (χ1v) is 7.91. The molecule has 0 aliphatic rings. The fourth-order valence-electron chi connectivity index (χ4n) is 2.41.